The Morgan fingerprint density at radius 1 is 1.41 bits per heavy atom. The minimum Gasteiger partial charge on any atom is -0.506 e. The van der Waals surface area contributed by atoms with Crippen LogP contribution in [0.15, 0.2) is 18.2 Å². The molecule has 0 aromatic heterocycles. The fraction of sp³-hybridized carbons (Fsp3) is 0.400. The fourth-order valence-corrected chi connectivity index (χ4v) is 1.89. The number of hydrogen-bond acceptors (Lipinski definition) is 5. The normalized spacial score (nSPS) is 15.3. The molecule has 1 aromatic carbocycles. The van der Waals surface area contributed by atoms with Crippen LogP contribution in [-0.4, -0.2) is 30.9 Å². The number of rotatable bonds is 4. The van der Waals surface area contributed by atoms with E-state index in [2.05, 4.69) is 4.72 Å². The van der Waals surface area contributed by atoms with Crippen LogP contribution < -0.4 is 10.5 Å². The standard InChI is InChI=1S/C10H16N2O4S/c1-6(11)10(14)7-3-4-9(13)8(5-7)12-17(2,15)16/h3-6,10,12-14H,11H2,1-2H3. The van der Waals surface area contributed by atoms with Crippen molar-refractivity contribution in [2.75, 3.05) is 11.0 Å². The molecule has 0 bridgehead atoms. The van der Waals surface area contributed by atoms with E-state index in [1.807, 2.05) is 0 Å². The molecule has 0 amide bonds. The van der Waals surface area contributed by atoms with Gasteiger partial charge in [-0.1, -0.05) is 6.07 Å². The van der Waals surface area contributed by atoms with Gasteiger partial charge in [-0.25, -0.2) is 8.42 Å². The molecule has 17 heavy (non-hydrogen) atoms. The first-order valence-electron chi connectivity index (χ1n) is 4.95. The second-order valence-electron chi connectivity index (χ2n) is 3.95. The molecule has 1 rings (SSSR count). The molecule has 0 saturated heterocycles. The Bertz CT molecular complexity index is 499. The van der Waals surface area contributed by atoms with E-state index >= 15 is 0 Å². The van der Waals surface area contributed by atoms with Gasteiger partial charge in [-0.15, -0.1) is 0 Å². The minimum atomic E-state index is -3.49. The first-order valence-corrected chi connectivity index (χ1v) is 6.84. The second kappa shape index (κ2) is 4.91. The van der Waals surface area contributed by atoms with Crippen LogP contribution in [0, 0.1) is 0 Å². The summed E-state index contributed by atoms with van der Waals surface area (Å²) in [6.45, 7) is 1.63. The number of phenols is 1. The average Bonchev–Trinajstić information content (AvgIpc) is 2.18. The van der Waals surface area contributed by atoms with Crippen molar-refractivity contribution >= 4 is 15.7 Å². The number of phenolic OH excluding ortho intramolecular Hbond substituents is 1. The van der Waals surface area contributed by atoms with Gasteiger partial charge in [0, 0.05) is 6.04 Å². The molecule has 0 aliphatic rings. The van der Waals surface area contributed by atoms with Crippen molar-refractivity contribution < 1.29 is 18.6 Å². The Kier molecular flexibility index (Phi) is 3.97. The summed E-state index contributed by atoms with van der Waals surface area (Å²) < 4.78 is 24.3. The number of anilines is 1. The van der Waals surface area contributed by atoms with E-state index in [0.29, 0.717) is 5.56 Å². The van der Waals surface area contributed by atoms with Crippen LogP contribution >= 0.6 is 0 Å². The van der Waals surface area contributed by atoms with E-state index in [1.165, 1.54) is 18.2 Å². The number of nitrogens with one attached hydrogen (secondary N) is 1. The molecular formula is C10H16N2O4S. The Balaban J connectivity index is 3.11. The summed E-state index contributed by atoms with van der Waals surface area (Å²) in [7, 11) is -3.49. The molecule has 1 aromatic rings. The summed E-state index contributed by atoms with van der Waals surface area (Å²) in [5.74, 6) is -0.212. The van der Waals surface area contributed by atoms with Gasteiger partial charge in [-0.05, 0) is 24.6 Å². The number of benzene rings is 1. The summed E-state index contributed by atoms with van der Waals surface area (Å²) in [5.41, 5.74) is 5.98. The lowest BCUT2D eigenvalue weighted by molar-refractivity contribution is 0.153. The molecule has 2 atom stereocenters. The van der Waals surface area contributed by atoms with Gasteiger partial charge in [-0.2, -0.15) is 0 Å². The van der Waals surface area contributed by atoms with Crippen LogP contribution in [0.3, 0.4) is 0 Å². The van der Waals surface area contributed by atoms with Crippen LogP contribution in [0.5, 0.6) is 5.75 Å². The highest BCUT2D eigenvalue weighted by Gasteiger charge is 2.15. The SMILES string of the molecule is CC(N)C(O)c1ccc(O)c(NS(C)(=O)=O)c1. The van der Waals surface area contributed by atoms with Gasteiger partial charge in [0.25, 0.3) is 0 Å². The van der Waals surface area contributed by atoms with Crippen LogP contribution in [0.4, 0.5) is 5.69 Å². The van der Waals surface area contributed by atoms with Gasteiger partial charge in [0.2, 0.25) is 10.0 Å². The summed E-state index contributed by atoms with van der Waals surface area (Å²) >= 11 is 0. The van der Waals surface area contributed by atoms with Gasteiger partial charge in [0.05, 0.1) is 18.0 Å². The van der Waals surface area contributed by atoms with Crippen LogP contribution in [0.2, 0.25) is 0 Å². The molecule has 0 aliphatic heterocycles. The van der Waals surface area contributed by atoms with E-state index in [0.717, 1.165) is 6.26 Å². The molecule has 0 aliphatic carbocycles. The molecule has 0 saturated carbocycles. The van der Waals surface area contributed by atoms with Crippen LogP contribution in [-0.2, 0) is 10.0 Å². The number of aliphatic hydroxyl groups is 1. The second-order valence-corrected chi connectivity index (χ2v) is 5.70. The topological polar surface area (TPSA) is 113 Å². The highest BCUT2D eigenvalue weighted by atomic mass is 32.2. The third-order valence-corrected chi connectivity index (χ3v) is 2.75. The molecule has 2 unspecified atom stereocenters. The molecule has 0 heterocycles. The van der Waals surface area contributed by atoms with Gasteiger partial charge in [-0.3, -0.25) is 4.72 Å². The highest BCUT2D eigenvalue weighted by molar-refractivity contribution is 7.92. The highest BCUT2D eigenvalue weighted by Crippen LogP contribution is 2.28. The summed E-state index contributed by atoms with van der Waals surface area (Å²) in [6.07, 6.45) is 0.0527. The van der Waals surface area contributed by atoms with E-state index in [9.17, 15) is 18.6 Å². The largest absolute Gasteiger partial charge is 0.506 e. The maximum absolute atomic E-state index is 11.1. The van der Waals surface area contributed by atoms with Crippen LogP contribution in [0.25, 0.3) is 0 Å². The molecule has 96 valence electrons. The predicted octanol–water partition coefficient (Wildman–Crippen LogP) is 0.144. The Morgan fingerprint density at radius 3 is 2.47 bits per heavy atom. The third kappa shape index (κ3) is 3.88. The molecular weight excluding hydrogens is 244 g/mol. The Morgan fingerprint density at radius 2 is 2.00 bits per heavy atom. The van der Waals surface area contributed by atoms with Gasteiger partial charge < -0.3 is 15.9 Å². The van der Waals surface area contributed by atoms with Crippen molar-refractivity contribution in [1.29, 1.82) is 0 Å². The minimum absolute atomic E-state index is 0.0182. The van der Waals surface area contributed by atoms with E-state index in [-0.39, 0.29) is 11.4 Å². The van der Waals surface area contributed by atoms with E-state index < -0.39 is 22.2 Å². The number of hydrogen-bond donors (Lipinski definition) is 4. The molecule has 0 radical (unpaired) electrons. The van der Waals surface area contributed by atoms with Crippen LogP contribution in [0.1, 0.15) is 18.6 Å². The maximum atomic E-state index is 11.1. The Hall–Kier alpha value is -1.31. The van der Waals surface area contributed by atoms with Gasteiger partial charge >= 0.3 is 0 Å². The first kappa shape index (κ1) is 13.8. The first-order chi connectivity index (χ1) is 7.70. The van der Waals surface area contributed by atoms with Gasteiger partial charge in [0.15, 0.2) is 0 Å². The monoisotopic (exact) mass is 260 g/mol. The number of aliphatic hydroxyl groups excluding tert-OH is 1. The van der Waals surface area contributed by atoms with Crippen molar-refractivity contribution in [3.8, 4) is 5.75 Å². The molecule has 6 nitrogen and oxygen atoms in total. The van der Waals surface area contributed by atoms with E-state index in [4.69, 9.17) is 5.73 Å². The number of aromatic hydroxyl groups is 1. The zero-order valence-electron chi connectivity index (χ0n) is 9.58. The summed E-state index contributed by atoms with van der Waals surface area (Å²) in [5, 5.41) is 19.2. The molecule has 7 heteroatoms. The predicted molar refractivity (Wildman–Crippen MR) is 65.2 cm³/mol. The molecule has 0 spiro atoms. The molecule has 0 fully saturated rings. The smallest absolute Gasteiger partial charge is 0.229 e. The third-order valence-electron chi connectivity index (χ3n) is 2.16. The van der Waals surface area contributed by atoms with Crippen molar-refractivity contribution in [3.63, 3.8) is 0 Å². The zero-order valence-corrected chi connectivity index (χ0v) is 10.4. The fourth-order valence-electron chi connectivity index (χ4n) is 1.32. The van der Waals surface area contributed by atoms with Crippen molar-refractivity contribution in [2.45, 2.75) is 19.1 Å². The number of nitrogens with two attached hydrogens (primary N) is 1. The zero-order chi connectivity index (χ0) is 13.2. The average molecular weight is 260 g/mol. The van der Waals surface area contributed by atoms with Crippen molar-refractivity contribution in [1.82, 2.24) is 0 Å². The quantitative estimate of drug-likeness (QED) is 0.575. The van der Waals surface area contributed by atoms with Crippen molar-refractivity contribution in [3.05, 3.63) is 23.8 Å². The maximum Gasteiger partial charge on any atom is 0.229 e. The number of sulfonamides is 1. The Labute approximate surface area is 100 Å². The lowest BCUT2D eigenvalue weighted by atomic mass is 10.0. The van der Waals surface area contributed by atoms with Crippen molar-refractivity contribution in [2.24, 2.45) is 5.73 Å². The lowest BCUT2D eigenvalue weighted by Gasteiger charge is -2.16. The summed E-state index contributed by atoms with van der Waals surface area (Å²) in [4.78, 5) is 0. The lowest BCUT2D eigenvalue weighted by Crippen LogP contribution is -2.24. The molecule has 5 N–H and O–H groups in total. The van der Waals surface area contributed by atoms with Gasteiger partial charge in [0.1, 0.15) is 5.75 Å². The van der Waals surface area contributed by atoms with E-state index in [1.54, 1.807) is 6.92 Å². The summed E-state index contributed by atoms with van der Waals surface area (Å²) in [6, 6.07) is 3.64.